The summed E-state index contributed by atoms with van der Waals surface area (Å²) in [4.78, 5) is 27.1. The first-order chi connectivity index (χ1) is 13.0. The number of benzene rings is 1. The lowest BCUT2D eigenvalue weighted by molar-refractivity contribution is -0.106. The van der Waals surface area contributed by atoms with E-state index in [1.165, 1.54) is 12.3 Å². The highest BCUT2D eigenvalue weighted by Gasteiger charge is 2.16. The highest BCUT2D eigenvalue weighted by Crippen LogP contribution is 2.25. The Balaban J connectivity index is 0.00000114. The van der Waals surface area contributed by atoms with Crippen molar-refractivity contribution in [1.82, 2.24) is 9.88 Å². The van der Waals surface area contributed by atoms with E-state index in [0.29, 0.717) is 5.56 Å². The van der Waals surface area contributed by atoms with Crippen LogP contribution in [0.25, 0.3) is 11.1 Å². The molecule has 2 rings (SSSR count). The van der Waals surface area contributed by atoms with Gasteiger partial charge in [0, 0.05) is 30.4 Å². The summed E-state index contributed by atoms with van der Waals surface area (Å²) in [6.45, 7) is 7.73. The van der Waals surface area contributed by atoms with Gasteiger partial charge in [-0.1, -0.05) is 26.3 Å². The second kappa shape index (κ2) is 11.8. The number of carbonyl (C=O) groups is 2. The third kappa shape index (κ3) is 6.81. The van der Waals surface area contributed by atoms with Crippen molar-refractivity contribution in [2.24, 2.45) is 5.73 Å². The van der Waals surface area contributed by atoms with E-state index in [0.717, 1.165) is 49.0 Å². The number of rotatable bonds is 7. The van der Waals surface area contributed by atoms with E-state index in [-0.39, 0.29) is 12.3 Å². The standard InChI is InChI=1S/C20H25FN2O.CH3NO/c1-4-6-12-23(11-5-2)20(24)16-8-7-15(3)18(13-16)17-9-10-19(21)22-14-17;2-1-3/h7-10,13-14H,4-6,11-12H2,1-3H3;1H,(H2,2,3). The van der Waals surface area contributed by atoms with Crippen LogP contribution in [0.3, 0.4) is 0 Å². The molecule has 0 aliphatic heterocycles. The molecule has 0 fully saturated rings. The Morgan fingerprint density at radius 3 is 2.44 bits per heavy atom. The molecule has 1 aromatic carbocycles. The van der Waals surface area contributed by atoms with Crippen LogP contribution in [-0.4, -0.2) is 35.3 Å². The monoisotopic (exact) mass is 373 g/mol. The number of carbonyl (C=O) groups excluding carboxylic acids is 2. The summed E-state index contributed by atoms with van der Waals surface area (Å²) in [5, 5.41) is 0. The lowest BCUT2D eigenvalue weighted by atomic mass is 9.99. The Labute approximate surface area is 160 Å². The van der Waals surface area contributed by atoms with Gasteiger partial charge in [-0.3, -0.25) is 9.59 Å². The van der Waals surface area contributed by atoms with E-state index in [1.807, 2.05) is 30.0 Å². The lowest BCUT2D eigenvalue weighted by Crippen LogP contribution is -2.32. The fraction of sp³-hybridized carbons (Fsp3) is 0.381. The summed E-state index contributed by atoms with van der Waals surface area (Å²) < 4.78 is 13.0. The summed E-state index contributed by atoms with van der Waals surface area (Å²) in [7, 11) is 0. The highest BCUT2D eigenvalue weighted by molar-refractivity contribution is 5.95. The molecular weight excluding hydrogens is 345 g/mol. The van der Waals surface area contributed by atoms with Crippen LogP contribution >= 0.6 is 0 Å². The molecule has 0 radical (unpaired) electrons. The Morgan fingerprint density at radius 1 is 1.19 bits per heavy atom. The first-order valence-corrected chi connectivity index (χ1v) is 9.15. The SMILES string of the molecule is CCCCN(CCC)C(=O)c1ccc(C)c(-c2ccc(F)nc2)c1.NC=O. The van der Waals surface area contributed by atoms with E-state index in [1.54, 1.807) is 6.07 Å². The molecule has 0 spiro atoms. The number of hydrogen-bond acceptors (Lipinski definition) is 3. The average Bonchev–Trinajstić information content (AvgIpc) is 2.66. The van der Waals surface area contributed by atoms with Crippen LogP contribution in [0.15, 0.2) is 36.5 Å². The fourth-order valence-corrected chi connectivity index (χ4v) is 2.72. The van der Waals surface area contributed by atoms with Crippen molar-refractivity contribution < 1.29 is 14.0 Å². The molecule has 0 saturated carbocycles. The molecule has 2 N–H and O–H groups in total. The Morgan fingerprint density at radius 2 is 1.89 bits per heavy atom. The van der Waals surface area contributed by atoms with Crippen molar-refractivity contribution in [3.8, 4) is 11.1 Å². The van der Waals surface area contributed by atoms with Gasteiger partial charge in [-0.05, 0) is 55.2 Å². The van der Waals surface area contributed by atoms with Crippen molar-refractivity contribution in [3.05, 3.63) is 53.6 Å². The first kappa shape index (κ1) is 22.3. The van der Waals surface area contributed by atoms with Crippen molar-refractivity contribution in [2.45, 2.75) is 40.0 Å². The van der Waals surface area contributed by atoms with Crippen LogP contribution in [0.2, 0.25) is 0 Å². The summed E-state index contributed by atoms with van der Waals surface area (Å²) in [6.07, 6.45) is 4.77. The molecule has 1 aromatic heterocycles. The molecule has 0 unspecified atom stereocenters. The number of halogens is 1. The number of nitrogens with zero attached hydrogens (tertiary/aromatic N) is 2. The van der Waals surface area contributed by atoms with Crippen molar-refractivity contribution in [2.75, 3.05) is 13.1 Å². The molecule has 0 atom stereocenters. The molecule has 0 saturated heterocycles. The van der Waals surface area contributed by atoms with Crippen LogP contribution in [0.4, 0.5) is 4.39 Å². The molecule has 5 nitrogen and oxygen atoms in total. The smallest absolute Gasteiger partial charge is 0.253 e. The van der Waals surface area contributed by atoms with Gasteiger partial charge < -0.3 is 10.6 Å². The Kier molecular flexibility index (Phi) is 9.72. The van der Waals surface area contributed by atoms with E-state index in [2.05, 4.69) is 24.6 Å². The molecule has 2 amide bonds. The van der Waals surface area contributed by atoms with Gasteiger partial charge >= 0.3 is 0 Å². The fourth-order valence-electron chi connectivity index (χ4n) is 2.72. The average molecular weight is 373 g/mol. The minimum atomic E-state index is -0.502. The van der Waals surface area contributed by atoms with Crippen molar-refractivity contribution in [3.63, 3.8) is 0 Å². The molecule has 0 aliphatic rings. The number of hydrogen-bond donors (Lipinski definition) is 1. The molecule has 0 aliphatic carbocycles. The zero-order chi connectivity index (χ0) is 20.2. The number of primary amides is 1. The molecule has 2 aromatic rings. The molecule has 27 heavy (non-hydrogen) atoms. The van der Waals surface area contributed by atoms with Crippen molar-refractivity contribution in [1.29, 1.82) is 0 Å². The third-order valence-electron chi connectivity index (χ3n) is 4.09. The highest BCUT2D eigenvalue weighted by atomic mass is 19.1. The third-order valence-corrected chi connectivity index (χ3v) is 4.09. The zero-order valence-corrected chi connectivity index (χ0v) is 16.2. The number of aryl methyl sites for hydroxylation is 1. The molecule has 146 valence electrons. The summed E-state index contributed by atoms with van der Waals surface area (Å²) >= 11 is 0. The topological polar surface area (TPSA) is 76.3 Å². The van der Waals surface area contributed by atoms with Gasteiger partial charge in [0.15, 0.2) is 0 Å². The van der Waals surface area contributed by atoms with Crippen LogP contribution in [0, 0.1) is 12.9 Å². The number of amides is 2. The van der Waals surface area contributed by atoms with E-state index in [4.69, 9.17) is 4.79 Å². The number of pyridine rings is 1. The second-order valence-corrected chi connectivity index (χ2v) is 6.18. The first-order valence-electron chi connectivity index (χ1n) is 9.15. The zero-order valence-electron chi connectivity index (χ0n) is 16.2. The van der Waals surface area contributed by atoms with E-state index in [9.17, 15) is 9.18 Å². The maximum absolute atomic E-state index is 13.0. The maximum atomic E-state index is 13.0. The lowest BCUT2D eigenvalue weighted by Gasteiger charge is -2.22. The molecular formula is C21H28FN3O2. The second-order valence-electron chi connectivity index (χ2n) is 6.18. The minimum absolute atomic E-state index is 0.0571. The Hall–Kier alpha value is -2.76. The molecule has 0 bridgehead atoms. The van der Waals surface area contributed by atoms with Gasteiger partial charge in [0.25, 0.3) is 5.91 Å². The van der Waals surface area contributed by atoms with Gasteiger partial charge in [0.05, 0.1) is 0 Å². The molecule has 1 heterocycles. The summed E-state index contributed by atoms with van der Waals surface area (Å²) in [5.74, 6) is -0.445. The number of unbranched alkanes of at least 4 members (excludes halogenated alkanes) is 1. The van der Waals surface area contributed by atoms with Crippen LogP contribution < -0.4 is 5.73 Å². The quantitative estimate of drug-likeness (QED) is 0.590. The van der Waals surface area contributed by atoms with Gasteiger partial charge in [-0.25, -0.2) is 4.98 Å². The van der Waals surface area contributed by atoms with Gasteiger partial charge in [-0.2, -0.15) is 4.39 Å². The van der Waals surface area contributed by atoms with Crippen LogP contribution in [0.5, 0.6) is 0 Å². The van der Waals surface area contributed by atoms with Gasteiger partial charge in [0.2, 0.25) is 12.4 Å². The van der Waals surface area contributed by atoms with Crippen LogP contribution in [0.1, 0.15) is 49.0 Å². The predicted molar refractivity (Wildman–Crippen MR) is 106 cm³/mol. The molecule has 6 heteroatoms. The van der Waals surface area contributed by atoms with E-state index < -0.39 is 5.95 Å². The summed E-state index contributed by atoms with van der Waals surface area (Å²) in [5.41, 5.74) is 7.61. The largest absolute Gasteiger partial charge is 0.372 e. The maximum Gasteiger partial charge on any atom is 0.253 e. The Bertz CT molecular complexity index is 733. The van der Waals surface area contributed by atoms with E-state index >= 15 is 0 Å². The minimum Gasteiger partial charge on any atom is -0.372 e. The predicted octanol–water partition coefficient (Wildman–Crippen LogP) is 3.95. The summed E-state index contributed by atoms with van der Waals surface area (Å²) in [6, 6.07) is 8.73. The number of nitrogens with two attached hydrogens (primary N) is 1. The van der Waals surface area contributed by atoms with Crippen LogP contribution in [-0.2, 0) is 4.79 Å². The van der Waals surface area contributed by atoms with Gasteiger partial charge in [0.1, 0.15) is 0 Å². The van der Waals surface area contributed by atoms with Crippen molar-refractivity contribution >= 4 is 12.3 Å². The normalized spacial score (nSPS) is 9.93. The van der Waals surface area contributed by atoms with Gasteiger partial charge in [-0.15, -0.1) is 0 Å². The number of aromatic nitrogens is 1.